The highest BCUT2D eigenvalue weighted by atomic mass is 32.1. The van der Waals surface area contributed by atoms with Crippen LogP contribution in [0.1, 0.15) is 18.7 Å². The largest absolute Gasteiger partial charge is 0.428 e. The first-order valence-electron chi connectivity index (χ1n) is 5.97. The van der Waals surface area contributed by atoms with E-state index in [1.54, 1.807) is 13.0 Å². The van der Waals surface area contributed by atoms with Crippen molar-refractivity contribution >= 4 is 22.3 Å². The fraction of sp³-hybridized carbons (Fsp3) is 0.583. The lowest BCUT2D eigenvalue weighted by molar-refractivity contribution is -0.380. The highest BCUT2D eigenvalue weighted by Crippen LogP contribution is 2.36. The number of rotatable bonds is 7. The maximum Gasteiger partial charge on any atom is 0.324 e. The van der Waals surface area contributed by atoms with Gasteiger partial charge in [-0.1, -0.05) is 11.3 Å². The van der Waals surface area contributed by atoms with Crippen LogP contribution in [0.15, 0.2) is 12.1 Å². The third-order valence-electron chi connectivity index (χ3n) is 2.47. The number of likely N-dealkylation sites (N-methyl/N-ethyl adjacent to an activating group) is 1. The van der Waals surface area contributed by atoms with Crippen molar-refractivity contribution < 1.29 is 19.2 Å². The number of thiophene rings is 1. The fourth-order valence-electron chi connectivity index (χ4n) is 1.52. The molecule has 0 N–H and O–H groups in total. The van der Waals surface area contributed by atoms with Crippen LogP contribution in [0.2, 0.25) is 0 Å². The van der Waals surface area contributed by atoms with Crippen LogP contribution < -0.4 is 0 Å². The summed E-state index contributed by atoms with van der Waals surface area (Å²) in [6, 6.07) is 2.92. The van der Waals surface area contributed by atoms with Crippen LogP contribution >= 0.6 is 11.3 Å². The molecule has 1 aromatic heterocycles. The third-order valence-corrected chi connectivity index (χ3v) is 3.69. The van der Waals surface area contributed by atoms with Crippen LogP contribution in [-0.2, 0) is 20.1 Å². The van der Waals surface area contributed by atoms with Crippen molar-refractivity contribution in [3.8, 4) is 0 Å². The van der Waals surface area contributed by atoms with Crippen LogP contribution in [0.3, 0.4) is 0 Å². The van der Waals surface area contributed by atoms with Crippen molar-refractivity contribution in [3.63, 3.8) is 0 Å². The molecule has 112 valence electrons. The lowest BCUT2D eigenvalue weighted by Gasteiger charge is -2.28. The Kier molecular flexibility index (Phi) is 5.61. The Bertz CT molecular complexity index is 488. The Labute approximate surface area is 121 Å². The van der Waals surface area contributed by atoms with Crippen molar-refractivity contribution in [3.05, 3.63) is 27.1 Å². The van der Waals surface area contributed by atoms with E-state index in [-0.39, 0.29) is 5.00 Å². The predicted octanol–water partition coefficient (Wildman–Crippen LogP) is 1.97. The summed E-state index contributed by atoms with van der Waals surface area (Å²) < 4.78 is 10.8. The lowest BCUT2D eigenvalue weighted by Crippen LogP contribution is -2.33. The maximum absolute atomic E-state index is 11.2. The number of carbonyl (C=O) groups excluding carboxylic acids is 1. The Morgan fingerprint density at radius 1 is 1.50 bits per heavy atom. The minimum atomic E-state index is -1.30. The molecule has 1 atom stereocenters. The third kappa shape index (κ3) is 4.55. The van der Waals surface area contributed by atoms with Gasteiger partial charge < -0.3 is 14.4 Å². The van der Waals surface area contributed by atoms with Gasteiger partial charge in [0.25, 0.3) is 0 Å². The molecule has 0 fully saturated rings. The monoisotopic (exact) mass is 302 g/mol. The zero-order valence-electron chi connectivity index (χ0n) is 11.9. The SMILES string of the molecule is CC(=O)OC(C)(OCCN(C)C)c1ccc([N+](=O)[O-])s1. The molecule has 1 aromatic rings. The van der Waals surface area contributed by atoms with E-state index in [1.807, 2.05) is 19.0 Å². The zero-order chi connectivity index (χ0) is 15.3. The molecular formula is C12H18N2O5S. The second-order valence-corrected chi connectivity index (χ2v) is 5.65. The van der Waals surface area contributed by atoms with Crippen LogP contribution in [-0.4, -0.2) is 43.0 Å². The standard InChI is InChI=1S/C12H18N2O5S/c1-9(15)19-12(2,18-8-7-13(3)4)10-5-6-11(20-10)14(16)17/h5-6H,7-8H2,1-4H3. The molecule has 0 radical (unpaired) electrons. The number of hydrogen-bond acceptors (Lipinski definition) is 7. The molecule has 0 spiro atoms. The molecule has 0 aliphatic heterocycles. The van der Waals surface area contributed by atoms with Gasteiger partial charge in [-0.2, -0.15) is 0 Å². The number of nitrogens with zero attached hydrogens (tertiary/aromatic N) is 2. The molecular weight excluding hydrogens is 284 g/mol. The van der Waals surface area contributed by atoms with Gasteiger partial charge in [0.15, 0.2) is 0 Å². The predicted molar refractivity (Wildman–Crippen MR) is 74.6 cm³/mol. The smallest absolute Gasteiger partial charge is 0.324 e. The second kappa shape index (κ2) is 6.78. The van der Waals surface area contributed by atoms with Gasteiger partial charge in [-0.25, -0.2) is 0 Å². The fourth-order valence-corrected chi connectivity index (χ4v) is 2.38. The summed E-state index contributed by atoms with van der Waals surface area (Å²) in [5.41, 5.74) is 0. The second-order valence-electron chi connectivity index (χ2n) is 4.59. The maximum atomic E-state index is 11.2. The van der Waals surface area contributed by atoms with Gasteiger partial charge in [-0.15, -0.1) is 0 Å². The van der Waals surface area contributed by atoms with E-state index in [0.717, 1.165) is 11.3 Å². The first-order valence-corrected chi connectivity index (χ1v) is 6.79. The van der Waals surface area contributed by atoms with E-state index in [1.165, 1.54) is 13.0 Å². The molecule has 1 heterocycles. The number of carbonyl (C=O) groups is 1. The summed E-state index contributed by atoms with van der Waals surface area (Å²) in [5, 5.41) is 10.7. The van der Waals surface area contributed by atoms with Gasteiger partial charge in [0.1, 0.15) is 0 Å². The van der Waals surface area contributed by atoms with Crippen molar-refractivity contribution in [1.82, 2.24) is 4.90 Å². The molecule has 0 amide bonds. The molecule has 20 heavy (non-hydrogen) atoms. The molecule has 0 saturated carbocycles. The molecule has 1 rings (SSSR count). The van der Waals surface area contributed by atoms with E-state index < -0.39 is 16.7 Å². The highest BCUT2D eigenvalue weighted by Gasteiger charge is 2.34. The number of ether oxygens (including phenoxy) is 2. The molecule has 0 aromatic carbocycles. The molecule has 0 aliphatic rings. The van der Waals surface area contributed by atoms with Crippen molar-refractivity contribution in [2.75, 3.05) is 27.2 Å². The summed E-state index contributed by atoms with van der Waals surface area (Å²) in [5.74, 6) is -1.81. The molecule has 1 unspecified atom stereocenters. The minimum absolute atomic E-state index is 0.0189. The van der Waals surface area contributed by atoms with E-state index in [4.69, 9.17) is 9.47 Å². The van der Waals surface area contributed by atoms with E-state index in [2.05, 4.69) is 0 Å². The van der Waals surface area contributed by atoms with Crippen LogP contribution in [0.5, 0.6) is 0 Å². The van der Waals surface area contributed by atoms with Gasteiger partial charge in [-0.3, -0.25) is 14.9 Å². The summed E-state index contributed by atoms with van der Waals surface area (Å²) in [4.78, 5) is 23.9. The van der Waals surface area contributed by atoms with Crippen LogP contribution in [0, 0.1) is 10.1 Å². The average molecular weight is 302 g/mol. The molecule has 7 nitrogen and oxygen atoms in total. The number of nitro groups is 1. The minimum Gasteiger partial charge on any atom is -0.428 e. The summed E-state index contributed by atoms with van der Waals surface area (Å²) in [6.07, 6.45) is 0. The van der Waals surface area contributed by atoms with Gasteiger partial charge in [0.05, 0.1) is 16.4 Å². The van der Waals surface area contributed by atoms with Crippen molar-refractivity contribution in [2.24, 2.45) is 0 Å². The van der Waals surface area contributed by atoms with Crippen molar-refractivity contribution in [2.45, 2.75) is 19.6 Å². The molecule has 0 bridgehead atoms. The summed E-state index contributed by atoms with van der Waals surface area (Å²) in [6.45, 7) is 3.84. The Balaban J connectivity index is 2.90. The molecule has 0 aliphatic carbocycles. The van der Waals surface area contributed by atoms with Gasteiger partial charge in [-0.05, 0) is 20.2 Å². The number of hydrogen-bond donors (Lipinski definition) is 0. The molecule has 8 heteroatoms. The van der Waals surface area contributed by atoms with Gasteiger partial charge >= 0.3 is 11.0 Å². The first-order chi connectivity index (χ1) is 9.24. The van der Waals surface area contributed by atoms with Crippen molar-refractivity contribution in [1.29, 1.82) is 0 Å². The van der Waals surface area contributed by atoms with E-state index in [0.29, 0.717) is 18.0 Å². The van der Waals surface area contributed by atoms with Gasteiger partial charge in [0.2, 0.25) is 5.79 Å². The van der Waals surface area contributed by atoms with Crippen LogP contribution in [0.4, 0.5) is 5.00 Å². The highest BCUT2D eigenvalue weighted by molar-refractivity contribution is 7.15. The lowest BCUT2D eigenvalue weighted by atomic mass is 10.2. The topological polar surface area (TPSA) is 81.9 Å². The van der Waals surface area contributed by atoms with Crippen LogP contribution in [0.25, 0.3) is 0 Å². The summed E-state index contributed by atoms with van der Waals surface area (Å²) >= 11 is 0.934. The van der Waals surface area contributed by atoms with E-state index >= 15 is 0 Å². The Morgan fingerprint density at radius 2 is 2.15 bits per heavy atom. The molecule has 0 saturated heterocycles. The zero-order valence-corrected chi connectivity index (χ0v) is 12.7. The average Bonchev–Trinajstić information content (AvgIpc) is 2.76. The quantitative estimate of drug-likeness (QED) is 0.331. The Hall–Kier alpha value is -1.51. The number of esters is 1. The van der Waals surface area contributed by atoms with Gasteiger partial charge in [0, 0.05) is 26.5 Å². The summed E-state index contributed by atoms with van der Waals surface area (Å²) in [7, 11) is 3.78. The van der Waals surface area contributed by atoms with E-state index in [9.17, 15) is 14.9 Å². The Morgan fingerprint density at radius 3 is 2.60 bits per heavy atom. The normalized spacial score (nSPS) is 14.1. The first kappa shape index (κ1) is 16.5.